The number of nitrogens with zero attached hydrogens (tertiary/aromatic N) is 5. The molecule has 0 unspecified atom stereocenters. The van der Waals surface area contributed by atoms with Gasteiger partial charge in [-0.05, 0) is 36.8 Å². The molecule has 0 radical (unpaired) electrons. The van der Waals surface area contributed by atoms with Gasteiger partial charge in [0.25, 0.3) is 0 Å². The first-order valence-corrected chi connectivity index (χ1v) is 9.22. The summed E-state index contributed by atoms with van der Waals surface area (Å²) in [7, 11) is 1.93. The molecule has 5 nitrogen and oxygen atoms in total. The van der Waals surface area contributed by atoms with Gasteiger partial charge in [-0.1, -0.05) is 17.7 Å². The first-order valence-electron chi connectivity index (χ1n) is 8.85. The molecular formula is C20H17ClF3N5. The minimum absolute atomic E-state index is 0.000141. The van der Waals surface area contributed by atoms with Crippen LogP contribution in [0.2, 0.25) is 5.15 Å². The highest BCUT2D eigenvalue weighted by Crippen LogP contribution is 2.34. The minimum Gasteiger partial charge on any atom is -0.369 e. The van der Waals surface area contributed by atoms with Crippen molar-refractivity contribution in [1.82, 2.24) is 19.5 Å². The van der Waals surface area contributed by atoms with E-state index in [0.717, 1.165) is 21.5 Å². The van der Waals surface area contributed by atoms with Crippen LogP contribution < -0.4 is 4.90 Å². The maximum atomic E-state index is 13.2. The molecule has 9 heteroatoms. The van der Waals surface area contributed by atoms with Gasteiger partial charge in [0, 0.05) is 24.7 Å². The number of fused-ring (bicyclic) bond motifs is 3. The van der Waals surface area contributed by atoms with Crippen molar-refractivity contribution < 1.29 is 13.2 Å². The van der Waals surface area contributed by atoms with Gasteiger partial charge < -0.3 is 9.47 Å². The molecule has 0 spiro atoms. The molecule has 0 saturated carbocycles. The molecule has 4 aromatic rings. The highest BCUT2D eigenvalue weighted by Gasteiger charge is 2.30. The van der Waals surface area contributed by atoms with Crippen molar-refractivity contribution in [3.05, 3.63) is 59.3 Å². The molecule has 0 bridgehead atoms. The second-order valence-electron chi connectivity index (χ2n) is 6.93. The lowest BCUT2D eigenvalue weighted by atomic mass is 10.1. The zero-order chi connectivity index (χ0) is 20.8. The van der Waals surface area contributed by atoms with Crippen LogP contribution in [0.3, 0.4) is 0 Å². The van der Waals surface area contributed by atoms with E-state index in [9.17, 15) is 13.2 Å². The summed E-state index contributed by atoms with van der Waals surface area (Å²) in [5, 5.41) is 0.612. The predicted molar refractivity (Wildman–Crippen MR) is 107 cm³/mol. The average molecular weight is 420 g/mol. The largest absolute Gasteiger partial charge is 0.406 e. The van der Waals surface area contributed by atoms with E-state index in [4.69, 9.17) is 11.6 Å². The highest BCUT2D eigenvalue weighted by molar-refractivity contribution is 6.34. The molecule has 0 aliphatic carbocycles. The van der Waals surface area contributed by atoms with Crippen LogP contribution in [0.4, 0.5) is 18.9 Å². The van der Waals surface area contributed by atoms with E-state index in [0.29, 0.717) is 23.0 Å². The Morgan fingerprint density at radius 1 is 1.10 bits per heavy atom. The number of aromatic nitrogens is 4. The summed E-state index contributed by atoms with van der Waals surface area (Å²) in [5.74, 6) is 0. The van der Waals surface area contributed by atoms with Crippen LogP contribution in [0.5, 0.6) is 0 Å². The van der Waals surface area contributed by atoms with Gasteiger partial charge in [-0.2, -0.15) is 13.2 Å². The van der Waals surface area contributed by atoms with Crippen molar-refractivity contribution in [3.8, 4) is 0 Å². The summed E-state index contributed by atoms with van der Waals surface area (Å²) in [6, 6.07) is 9.25. The molecule has 0 saturated heterocycles. The summed E-state index contributed by atoms with van der Waals surface area (Å²) < 4.78 is 40.6. The fraction of sp³-hybridized carbons (Fsp3) is 0.250. The van der Waals surface area contributed by atoms with Gasteiger partial charge in [0.1, 0.15) is 23.9 Å². The fourth-order valence-corrected chi connectivity index (χ4v) is 3.65. The van der Waals surface area contributed by atoms with E-state index in [-0.39, 0.29) is 10.7 Å². The van der Waals surface area contributed by atoms with Crippen LogP contribution in [-0.4, -0.2) is 32.7 Å². The van der Waals surface area contributed by atoms with E-state index in [1.54, 1.807) is 12.3 Å². The molecule has 0 fully saturated rings. The fourth-order valence-electron chi connectivity index (χ4n) is 3.42. The van der Waals surface area contributed by atoms with Crippen LogP contribution in [0.25, 0.3) is 21.9 Å². The number of rotatable bonds is 4. The Labute approximate surface area is 169 Å². The molecule has 3 heterocycles. The Kier molecular flexibility index (Phi) is 4.82. The quantitative estimate of drug-likeness (QED) is 0.430. The number of anilines is 1. The Hall–Kier alpha value is -2.87. The molecule has 3 aromatic heterocycles. The molecule has 29 heavy (non-hydrogen) atoms. The molecule has 0 N–H and O–H groups in total. The van der Waals surface area contributed by atoms with E-state index in [1.807, 2.05) is 43.1 Å². The van der Waals surface area contributed by atoms with E-state index in [2.05, 4.69) is 15.0 Å². The molecule has 0 aliphatic rings. The number of benzene rings is 1. The zero-order valence-electron chi connectivity index (χ0n) is 15.7. The van der Waals surface area contributed by atoms with Crippen molar-refractivity contribution in [2.24, 2.45) is 0 Å². The number of aryl methyl sites for hydroxylation is 1. The summed E-state index contributed by atoms with van der Waals surface area (Å²) in [6.45, 7) is 1.32. The van der Waals surface area contributed by atoms with Gasteiger partial charge in [0.15, 0.2) is 5.15 Å². The van der Waals surface area contributed by atoms with Crippen LogP contribution in [-0.2, 0) is 13.1 Å². The first kappa shape index (κ1) is 19.4. The second kappa shape index (κ2) is 7.18. The number of pyridine rings is 1. The zero-order valence-corrected chi connectivity index (χ0v) is 16.5. The number of hydrogen-bond donors (Lipinski definition) is 0. The lowest BCUT2D eigenvalue weighted by molar-refractivity contribution is -0.139. The Morgan fingerprint density at radius 3 is 2.59 bits per heavy atom. The third-order valence-electron chi connectivity index (χ3n) is 4.75. The number of halogens is 4. The van der Waals surface area contributed by atoms with Crippen LogP contribution in [0, 0.1) is 6.92 Å². The summed E-state index contributed by atoms with van der Waals surface area (Å²) in [6.07, 6.45) is -1.34. The Morgan fingerprint density at radius 2 is 1.90 bits per heavy atom. The van der Waals surface area contributed by atoms with Gasteiger partial charge in [0.05, 0.1) is 17.4 Å². The first-order chi connectivity index (χ1) is 13.7. The van der Waals surface area contributed by atoms with Gasteiger partial charge in [0.2, 0.25) is 0 Å². The molecule has 4 rings (SSSR count). The SMILES string of the molecule is Cc1ccc(N(C)Cc2ccc3c(c2)c2ncnc(Cl)c2n3CC(F)(F)F)cn1. The van der Waals surface area contributed by atoms with Gasteiger partial charge in [-0.15, -0.1) is 0 Å². The smallest absolute Gasteiger partial charge is 0.369 e. The average Bonchev–Trinajstić information content (AvgIpc) is 2.95. The Balaban J connectivity index is 1.78. The van der Waals surface area contributed by atoms with Crippen LogP contribution >= 0.6 is 11.6 Å². The van der Waals surface area contributed by atoms with Crippen LogP contribution in [0.1, 0.15) is 11.3 Å². The third kappa shape index (κ3) is 3.85. The van der Waals surface area contributed by atoms with Crippen molar-refractivity contribution in [1.29, 1.82) is 0 Å². The predicted octanol–water partition coefficient (Wildman–Crippen LogP) is 5.14. The summed E-state index contributed by atoms with van der Waals surface area (Å²) in [4.78, 5) is 14.4. The van der Waals surface area contributed by atoms with E-state index in [1.165, 1.54) is 6.33 Å². The third-order valence-corrected chi connectivity index (χ3v) is 5.02. The lowest BCUT2D eigenvalue weighted by Gasteiger charge is -2.19. The normalized spacial score (nSPS) is 12.1. The van der Waals surface area contributed by atoms with Gasteiger partial charge in [-0.25, -0.2) is 9.97 Å². The molecule has 0 amide bonds. The van der Waals surface area contributed by atoms with Crippen LogP contribution in [0.15, 0.2) is 42.9 Å². The maximum Gasteiger partial charge on any atom is 0.406 e. The van der Waals surface area contributed by atoms with Crippen molar-refractivity contribution >= 4 is 39.2 Å². The second-order valence-corrected chi connectivity index (χ2v) is 7.29. The molecule has 0 atom stereocenters. The van der Waals surface area contributed by atoms with Crippen molar-refractivity contribution in [3.63, 3.8) is 0 Å². The van der Waals surface area contributed by atoms with Gasteiger partial charge >= 0.3 is 6.18 Å². The summed E-state index contributed by atoms with van der Waals surface area (Å²) in [5.41, 5.74) is 3.82. The van der Waals surface area contributed by atoms with E-state index >= 15 is 0 Å². The Bertz CT molecular complexity index is 1180. The maximum absolute atomic E-state index is 13.2. The van der Waals surface area contributed by atoms with E-state index < -0.39 is 12.7 Å². The monoisotopic (exact) mass is 419 g/mol. The molecule has 0 aliphatic heterocycles. The van der Waals surface area contributed by atoms with Crippen molar-refractivity contribution in [2.75, 3.05) is 11.9 Å². The standard InChI is InChI=1S/C20H17ClF3N5/c1-12-3-5-14(8-25-12)28(2)9-13-4-6-16-15(7-13)17-18(19(21)27-11-26-17)29(16)10-20(22,23)24/h3-8,11H,9-10H2,1-2H3. The lowest BCUT2D eigenvalue weighted by Crippen LogP contribution is -2.18. The van der Waals surface area contributed by atoms with Gasteiger partial charge in [-0.3, -0.25) is 4.98 Å². The molecular weight excluding hydrogens is 403 g/mol. The minimum atomic E-state index is -4.39. The summed E-state index contributed by atoms with van der Waals surface area (Å²) >= 11 is 6.12. The number of alkyl halides is 3. The topological polar surface area (TPSA) is 46.8 Å². The highest BCUT2D eigenvalue weighted by atomic mass is 35.5. The molecule has 150 valence electrons. The molecule has 1 aromatic carbocycles. The number of hydrogen-bond acceptors (Lipinski definition) is 4. The van der Waals surface area contributed by atoms with Crippen molar-refractivity contribution in [2.45, 2.75) is 26.2 Å².